The predicted molar refractivity (Wildman–Crippen MR) is 113 cm³/mol. The van der Waals surface area contributed by atoms with Gasteiger partial charge in [-0.15, -0.1) is 11.3 Å². The Morgan fingerprint density at radius 1 is 1.36 bits per heavy atom. The Kier molecular flexibility index (Phi) is 5.48. The van der Waals surface area contributed by atoms with Crippen molar-refractivity contribution in [3.63, 3.8) is 0 Å². The number of nitrogens with one attached hydrogen (secondary N) is 2. The van der Waals surface area contributed by atoms with Gasteiger partial charge in [0.15, 0.2) is 11.6 Å². The Bertz CT molecular complexity index is 1070. The van der Waals surface area contributed by atoms with Gasteiger partial charge in [0.1, 0.15) is 0 Å². The van der Waals surface area contributed by atoms with Gasteiger partial charge in [0, 0.05) is 9.26 Å². The molecule has 4 rings (SSSR count). The van der Waals surface area contributed by atoms with Crippen molar-refractivity contribution in [1.29, 1.82) is 0 Å². The predicted octanol–water partition coefficient (Wildman–Crippen LogP) is 5.30. The van der Waals surface area contributed by atoms with Crippen molar-refractivity contribution in [3.05, 3.63) is 50.0 Å². The average molecular weight is 515 g/mol. The lowest BCUT2D eigenvalue weighted by molar-refractivity contribution is 0.0272. The van der Waals surface area contributed by atoms with E-state index in [4.69, 9.17) is 4.84 Å². The molecule has 3 aromatic rings. The number of rotatable bonds is 6. The summed E-state index contributed by atoms with van der Waals surface area (Å²) in [5.74, 6) is -2.38. The molecule has 0 aliphatic heterocycles. The molecule has 0 radical (unpaired) electrons. The van der Waals surface area contributed by atoms with Crippen LogP contribution in [0, 0.1) is 28.0 Å². The molecule has 1 amide bonds. The number of nitrogens with zero attached hydrogens (tertiary/aromatic N) is 1. The summed E-state index contributed by atoms with van der Waals surface area (Å²) in [6.07, 6.45) is 2.13. The van der Waals surface area contributed by atoms with Crippen LogP contribution in [0.3, 0.4) is 0 Å². The number of hydrogen-bond acceptors (Lipinski definition) is 5. The van der Waals surface area contributed by atoms with Crippen molar-refractivity contribution in [2.45, 2.75) is 19.8 Å². The normalized spacial score (nSPS) is 13.7. The summed E-state index contributed by atoms with van der Waals surface area (Å²) < 4.78 is 30.5. The minimum atomic E-state index is -1.12. The first-order chi connectivity index (χ1) is 13.5. The molecule has 0 bridgehead atoms. The van der Waals surface area contributed by atoms with E-state index in [0.717, 1.165) is 33.3 Å². The molecule has 28 heavy (non-hydrogen) atoms. The lowest BCUT2D eigenvalue weighted by Crippen LogP contribution is -2.26. The van der Waals surface area contributed by atoms with E-state index in [0.29, 0.717) is 18.2 Å². The SMILES string of the molecule is Cc1cc(I)ccc1Nc1c(F)c(F)c2scnc2c1C(=O)NOCC1CC1. The van der Waals surface area contributed by atoms with Gasteiger partial charge in [-0.3, -0.25) is 9.63 Å². The number of carbonyl (C=O) groups is 1. The molecule has 0 unspecified atom stereocenters. The molecular formula is C19H16F2IN3O2S. The zero-order valence-electron chi connectivity index (χ0n) is 14.8. The Morgan fingerprint density at radius 3 is 2.86 bits per heavy atom. The van der Waals surface area contributed by atoms with Gasteiger partial charge < -0.3 is 5.32 Å². The smallest absolute Gasteiger partial charge is 0.279 e. The number of benzene rings is 2. The molecule has 1 saturated carbocycles. The van der Waals surface area contributed by atoms with Crippen LogP contribution in [0.15, 0.2) is 23.7 Å². The highest BCUT2D eigenvalue weighted by molar-refractivity contribution is 14.1. The first-order valence-corrected chi connectivity index (χ1v) is 10.6. The molecule has 1 heterocycles. The summed E-state index contributed by atoms with van der Waals surface area (Å²) >= 11 is 3.11. The second kappa shape index (κ2) is 7.88. The van der Waals surface area contributed by atoms with E-state index in [9.17, 15) is 13.6 Å². The third-order valence-electron chi connectivity index (χ3n) is 4.52. The maximum absolute atomic E-state index is 14.9. The van der Waals surface area contributed by atoms with Gasteiger partial charge in [0.2, 0.25) is 0 Å². The van der Waals surface area contributed by atoms with Crippen LogP contribution in [0.2, 0.25) is 0 Å². The van der Waals surface area contributed by atoms with Crippen LogP contribution in [-0.4, -0.2) is 17.5 Å². The highest BCUT2D eigenvalue weighted by Crippen LogP contribution is 2.36. The van der Waals surface area contributed by atoms with Crippen LogP contribution in [0.4, 0.5) is 20.2 Å². The second-order valence-electron chi connectivity index (χ2n) is 6.68. The van der Waals surface area contributed by atoms with Crippen LogP contribution in [0.1, 0.15) is 28.8 Å². The molecule has 1 aromatic heterocycles. The maximum Gasteiger partial charge on any atom is 0.279 e. The van der Waals surface area contributed by atoms with Gasteiger partial charge >= 0.3 is 0 Å². The quantitative estimate of drug-likeness (QED) is 0.346. The van der Waals surface area contributed by atoms with Crippen molar-refractivity contribution in [2.75, 3.05) is 11.9 Å². The molecule has 9 heteroatoms. The number of aromatic nitrogens is 1. The summed E-state index contributed by atoms with van der Waals surface area (Å²) in [6.45, 7) is 2.24. The molecule has 1 aliphatic carbocycles. The third-order valence-corrected chi connectivity index (χ3v) is 6.01. The first-order valence-electron chi connectivity index (χ1n) is 8.65. The van der Waals surface area contributed by atoms with Crippen LogP contribution < -0.4 is 10.8 Å². The van der Waals surface area contributed by atoms with E-state index < -0.39 is 17.5 Å². The molecule has 2 aromatic carbocycles. The highest BCUT2D eigenvalue weighted by Gasteiger charge is 2.28. The molecule has 0 spiro atoms. The number of amides is 1. The molecule has 2 N–H and O–H groups in total. The van der Waals surface area contributed by atoms with Crippen molar-refractivity contribution in [2.24, 2.45) is 5.92 Å². The minimum absolute atomic E-state index is 0.00488. The zero-order chi connectivity index (χ0) is 19.8. The van der Waals surface area contributed by atoms with Crippen LogP contribution in [0.5, 0.6) is 0 Å². The number of aryl methyl sites for hydroxylation is 1. The van der Waals surface area contributed by atoms with E-state index in [2.05, 4.69) is 38.4 Å². The van der Waals surface area contributed by atoms with E-state index >= 15 is 0 Å². The number of hydroxylamine groups is 1. The van der Waals surface area contributed by atoms with Gasteiger partial charge in [-0.2, -0.15) is 0 Å². The summed E-state index contributed by atoms with van der Waals surface area (Å²) in [4.78, 5) is 22.1. The Hall–Kier alpha value is -1.85. The Labute approximate surface area is 177 Å². The fourth-order valence-corrected chi connectivity index (χ4v) is 4.19. The molecule has 146 valence electrons. The first kappa shape index (κ1) is 19.5. The second-order valence-corrected chi connectivity index (χ2v) is 8.78. The molecule has 0 saturated heterocycles. The van der Waals surface area contributed by atoms with Gasteiger partial charge in [-0.1, -0.05) is 0 Å². The van der Waals surface area contributed by atoms with Gasteiger partial charge in [0.05, 0.1) is 33.6 Å². The number of fused-ring (bicyclic) bond motifs is 1. The topological polar surface area (TPSA) is 63.2 Å². The Morgan fingerprint density at radius 2 is 2.14 bits per heavy atom. The molecule has 0 atom stereocenters. The highest BCUT2D eigenvalue weighted by atomic mass is 127. The molecule has 1 fully saturated rings. The maximum atomic E-state index is 14.9. The number of anilines is 2. The van der Waals surface area contributed by atoms with Gasteiger partial charge in [-0.25, -0.2) is 19.2 Å². The van der Waals surface area contributed by atoms with Crippen molar-refractivity contribution >= 4 is 61.4 Å². The monoisotopic (exact) mass is 515 g/mol. The van der Waals surface area contributed by atoms with Crippen molar-refractivity contribution in [1.82, 2.24) is 10.5 Å². The number of carbonyl (C=O) groups excluding carboxylic acids is 1. The fraction of sp³-hybridized carbons (Fsp3) is 0.263. The minimum Gasteiger partial charge on any atom is -0.352 e. The average Bonchev–Trinajstić information content (AvgIpc) is 3.35. The van der Waals surface area contributed by atoms with E-state index in [1.165, 1.54) is 5.51 Å². The summed E-state index contributed by atoms with van der Waals surface area (Å²) in [7, 11) is 0. The summed E-state index contributed by atoms with van der Waals surface area (Å²) in [6, 6.07) is 5.49. The molecule has 1 aliphatic rings. The lowest BCUT2D eigenvalue weighted by Gasteiger charge is -2.16. The number of halogens is 3. The van der Waals surface area contributed by atoms with Crippen LogP contribution in [0.25, 0.3) is 10.2 Å². The van der Waals surface area contributed by atoms with E-state index in [1.54, 1.807) is 6.07 Å². The largest absolute Gasteiger partial charge is 0.352 e. The zero-order valence-corrected chi connectivity index (χ0v) is 17.8. The number of hydrogen-bond donors (Lipinski definition) is 2. The lowest BCUT2D eigenvalue weighted by atomic mass is 10.1. The summed E-state index contributed by atoms with van der Waals surface area (Å²) in [5.41, 5.74) is 4.90. The molecule has 5 nitrogen and oxygen atoms in total. The number of thiazole rings is 1. The van der Waals surface area contributed by atoms with Crippen LogP contribution in [-0.2, 0) is 4.84 Å². The van der Waals surface area contributed by atoms with Crippen molar-refractivity contribution < 1.29 is 18.4 Å². The van der Waals surface area contributed by atoms with Gasteiger partial charge in [-0.05, 0) is 72.0 Å². The third kappa shape index (κ3) is 3.83. The van der Waals surface area contributed by atoms with E-state index in [-0.39, 0.29) is 21.5 Å². The Balaban J connectivity index is 1.76. The summed E-state index contributed by atoms with van der Waals surface area (Å²) in [5, 5.41) is 2.88. The van der Waals surface area contributed by atoms with Gasteiger partial charge in [0.25, 0.3) is 5.91 Å². The standard InChI is InChI=1S/C19H16F2IN3O2S/c1-9-6-11(22)4-5-12(9)24-16-13(19(26)25-27-7-10-2-3-10)17-18(28-8-23-17)15(21)14(16)20/h4-6,8,10,24H,2-3,7H2,1H3,(H,25,26). The van der Waals surface area contributed by atoms with Crippen molar-refractivity contribution in [3.8, 4) is 0 Å². The van der Waals surface area contributed by atoms with E-state index in [1.807, 2.05) is 19.1 Å². The molecular weight excluding hydrogens is 499 g/mol. The fourth-order valence-electron chi connectivity index (χ4n) is 2.82. The van der Waals surface area contributed by atoms with Crippen LogP contribution >= 0.6 is 33.9 Å².